The minimum Gasteiger partial charge on any atom is -0.342 e. The molecule has 2 aromatic heterocycles. The number of hydrogen-bond donors (Lipinski definition) is 2. The molecule has 2 unspecified atom stereocenters. The number of H-pyrrole nitrogens is 1. The maximum atomic E-state index is 13.0. The summed E-state index contributed by atoms with van der Waals surface area (Å²) in [6.45, 7) is 0. The first kappa shape index (κ1) is 19.8. The number of nitrogens with zero attached hydrogens (tertiary/aromatic N) is 2. The minimum atomic E-state index is -3.37. The average Bonchev–Trinajstić information content (AvgIpc) is 3.10. The highest BCUT2D eigenvalue weighted by Crippen LogP contribution is 2.38. The smallest absolute Gasteiger partial charge is 0.228 e. The third-order valence-corrected chi connectivity index (χ3v) is 6.54. The van der Waals surface area contributed by atoms with Crippen LogP contribution in [0.25, 0.3) is 11.0 Å². The van der Waals surface area contributed by atoms with Gasteiger partial charge in [0, 0.05) is 23.1 Å². The number of fused-ring (bicyclic) bond motifs is 1. The molecular formula is C20H21ClN4O3S. The van der Waals surface area contributed by atoms with Crippen LogP contribution in [0.2, 0.25) is 5.02 Å². The van der Waals surface area contributed by atoms with Crippen molar-refractivity contribution < 1.29 is 13.2 Å². The van der Waals surface area contributed by atoms with Crippen LogP contribution in [0.4, 0.5) is 5.69 Å². The van der Waals surface area contributed by atoms with Crippen LogP contribution in [0, 0.1) is 5.92 Å². The van der Waals surface area contributed by atoms with E-state index in [1.165, 1.54) is 12.3 Å². The van der Waals surface area contributed by atoms with Gasteiger partial charge in [0.15, 0.2) is 14.9 Å². The van der Waals surface area contributed by atoms with E-state index in [4.69, 9.17) is 11.6 Å². The highest BCUT2D eigenvalue weighted by molar-refractivity contribution is 7.90. The molecule has 7 nitrogen and oxygen atoms in total. The summed E-state index contributed by atoms with van der Waals surface area (Å²) in [6, 6.07) is 8.45. The predicted octanol–water partition coefficient (Wildman–Crippen LogP) is 3.93. The summed E-state index contributed by atoms with van der Waals surface area (Å²) in [5.41, 5.74) is 2.16. The summed E-state index contributed by atoms with van der Waals surface area (Å²) in [4.78, 5) is 24.9. The monoisotopic (exact) mass is 432 g/mol. The summed E-state index contributed by atoms with van der Waals surface area (Å²) in [6.07, 6.45) is 6.12. The number of aromatic nitrogens is 3. The van der Waals surface area contributed by atoms with Gasteiger partial charge in [0.25, 0.3) is 0 Å². The van der Waals surface area contributed by atoms with E-state index in [9.17, 15) is 13.2 Å². The lowest BCUT2D eigenvalue weighted by molar-refractivity contribution is -0.121. The van der Waals surface area contributed by atoms with Gasteiger partial charge in [-0.3, -0.25) is 4.79 Å². The highest BCUT2D eigenvalue weighted by atomic mass is 35.5. The number of aromatic amines is 1. The maximum absolute atomic E-state index is 13.0. The summed E-state index contributed by atoms with van der Waals surface area (Å²) in [5.74, 6) is 0.447. The number of hydrogen-bond acceptors (Lipinski definition) is 5. The maximum Gasteiger partial charge on any atom is 0.228 e. The van der Waals surface area contributed by atoms with Gasteiger partial charge in [-0.2, -0.15) is 0 Å². The van der Waals surface area contributed by atoms with Gasteiger partial charge in [0.05, 0.1) is 22.9 Å². The molecular weight excluding hydrogens is 412 g/mol. The van der Waals surface area contributed by atoms with Gasteiger partial charge < -0.3 is 10.3 Å². The zero-order chi connectivity index (χ0) is 20.6. The van der Waals surface area contributed by atoms with Crippen molar-refractivity contribution in [3.05, 3.63) is 47.4 Å². The number of pyridine rings is 1. The van der Waals surface area contributed by atoms with Crippen molar-refractivity contribution in [1.82, 2.24) is 15.0 Å². The fraction of sp³-hybridized carbons (Fsp3) is 0.350. The molecule has 3 aromatic rings. The number of nitrogens with one attached hydrogen (secondary N) is 2. The van der Waals surface area contributed by atoms with E-state index >= 15 is 0 Å². The van der Waals surface area contributed by atoms with Crippen LogP contribution >= 0.6 is 11.6 Å². The lowest BCUT2D eigenvalue weighted by Crippen LogP contribution is -2.31. The number of benzene rings is 1. The Kier molecular flexibility index (Phi) is 5.31. The molecule has 29 heavy (non-hydrogen) atoms. The first-order valence-electron chi connectivity index (χ1n) is 9.43. The Bertz CT molecular complexity index is 1160. The Hall–Kier alpha value is -2.45. The highest BCUT2D eigenvalue weighted by Gasteiger charge is 2.34. The van der Waals surface area contributed by atoms with Crippen LogP contribution in [0.5, 0.6) is 0 Å². The lowest BCUT2D eigenvalue weighted by Gasteiger charge is -2.29. The van der Waals surface area contributed by atoms with Crippen LogP contribution in [-0.4, -0.2) is 35.5 Å². The second-order valence-corrected chi connectivity index (χ2v) is 9.83. The second kappa shape index (κ2) is 7.76. The van der Waals surface area contributed by atoms with E-state index in [1.54, 1.807) is 12.1 Å². The SMILES string of the molecule is CS(=O)(=O)c1ccc(NC(=O)C2CCCCC2c2nc3ccc(Cl)cc3[nH]2)cn1. The van der Waals surface area contributed by atoms with Crippen molar-refractivity contribution >= 4 is 44.1 Å². The standard InChI is InChI=1S/C20H21ClN4O3S/c1-29(27,28)18-9-7-13(11-22-18)23-20(26)15-5-3-2-4-14(15)19-24-16-8-6-12(21)10-17(16)25-19/h6-11,14-15H,2-5H2,1H3,(H,23,26)(H,24,25). The zero-order valence-corrected chi connectivity index (χ0v) is 17.4. The molecule has 0 bridgehead atoms. The molecule has 0 aliphatic heterocycles. The van der Waals surface area contributed by atoms with E-state index in [0.717, 1.165) is 48.8 Å². The van der Waals surface area contributed by atoms with Gasteiger partial charge in [0.1, 0.15) is 5.82 Å². The Balaban J connectivity index is 1.55. The fourth-order valence-electron chi connectivity index (χ4n) is 3.86. The number of rotatable bonds is 4. The summed E-state index contributed by atoms with van der Waals surface area (Å²) in [5, 5.41) is 3.49. The molecule has 1 aliphatic rings. The first-order chi connectivity index (χ1) is 13.8. The van der Waals surface area contributed by atoms with E-state index in [2.05, 4.69) is 20.3 Å². The molecule has 1 amide bonds. The molecule has 2 atom stereocenters. The van der Waals surface area contributed by atoms with Gasteiger partial charge in [-0.15, -0.1) is 0 Å². The van der Waals surface area contributed by atoms with E-state index in [1.807, 2.05) is 12.1 Å². The Morgan fingerprint density at radius 1 is 1.21 bits per heavy atom. The number of amides is 1. The Morgan fingerprint density at radius 2 is 2.00 bits per heavy atom. The molecule has 1 aliphatic carbocycles. The molecule has 2 heterocycles. The fourth-order valence-corrected chi connectivity index (χ4v) is 4.59. The number of carbonyl (C=O) groups excluding carboxylic acids is 1. The molecule has 0 saturated heterocycles. The van der Waals surface area contributed by atoms with Crippen molar-refractivity contribution in [3.8, 4) is 0 Å². The molecule has 1 fully saturated rings. The first-order valence-corrected chi connectivity index (χ1v) is 11.7. The minimum absolute atomic E-state index is 0.0156. The third-order valence-electron chi connectivity index (χ3n) is 5.30. The van der Waals surface area contributed by atoms with E-state index in [0.29, 0.717) is 10.7 Å². The van der Waals surface area contributed by atoms with Crippen molar-refractivity contribution in [2.24, 2.45) is 5.92 Å². The number of sulfone groups is 1. The second-order valence-electron chi connectivity index (χ2n) is 7.43. The molecule has 1 saturated carbocycles. The summed E-state index contributed by atoms with van der Waals surface area (Å²) >= 11 is 6.07. The summed E-state index contributed by atoms with van der Waals surface area (Å²) in [7, 11) is -3.37. The number of anilines is 1. The van der Waals surface area contributed by atoms with E-state index in [-0.39, 0.29) is 22.8 Å². The molecule has 152 valence electrons. The molecule has 2 N–H and O–H groups in total. The van der Waals surface area contributed by atoms with Gasteiger partial charge in [-0.05, 0) is 43.2 Å². The predicted molar refractivity (Wildman–Crippen MR) is 112 cm³/mol. The van der Waals surface area contributed by atoms with Gasteiger partial charge in [0.2, 0.25) is 5.91 Å². The molecule has 1 aromatic carbocycles. The van der Waals surface area contributed by atoms with Gasteiger partial charge in [-0.25, -0.2) is 18.4 Å². The largest absolute Gasteiger partial charge is 0.342 e. The number of carbonyl (C=O) groups is 1. The van der Waals surface area contributed by atoms with Crippen LogP contribution in [0.1, 0.15) is 37.4 Å². The van der Waals surface area contributed by atoms with Crippen molar-refractivity contribution in [2.45, 2.75) is 36.6 Å². The normalized spacial score (nSPS) is 19.9. The topological polar surface area (TPSA) is 105 Å². The van der Waals surface area contributed by atoms with Crippen molar-refractivity contribution in [1.29, 1.82) is 0 Å². The van der Waals surface area contributed by atoms with Crippen LogP contribution in [0.3, 0.4) is 0 Å². The van der Waals surface area contributed by atoms with Crippen LogP contribution < -0.4 is 5.32 Å². The summed E-state index contributed by atoms with van der Waals surface area (Å²) < 4.78 is 23.1. The van der Waals surface area contributed by atoms with Gasteiger partial charge >= 0.3 is 0 Å². The average molecular weight is 433 g/mol. The van der Waals surface area contributed by atoms with Crippen LogP contribution in [-0.2, 0) is 14.6 Å². The Morgan fingerprint density at radius 3 is 2.72 bits per heavy atom. The third kappa shape index (κ3) is 4.28. The molecule has 0 spiro atoms. The molecule has 9 heteroatoms. The lowest BCUT2D eigenvalue weighted by atomic mass is 9.78. The number of halogens is 1. The van der Waals surface area contributed by atoms with Crippen LogP contribution in [0.15, 0.2) is 41.6 Å². The van der Waals surface area contributed by atoms with E-state index < -0.39 is 9.84 Å². The Labute approximate surface area is 173 Å². The molecule has 0 radical (unpaired) electrons. The number of imidazole rings is 1. The van der Waals surface area contributed by atoms with Crippen molar-refractivity contribution in [3.63, 3.8) is 0 Å². The molecule has 4 rings (SSSR count). The quantitative estimate of drug-likeness (QED) is 0.649. The zero-order valence-electron chi connectivity index (χ0n) is 15.9. The van der Waals surface area contributed by atoms with Crippen molar-refractivity contribution in [2.75, 3.05) is 11.6 Å². The van der Waals surface area contributed by atoms with Gasteiger partial charge in [-0.1, -0.05) is 24.4 Å².